The lowest BCUT2D eigenvalue weighted by Gasteiger charge is -2.18. The molecule has 17 heteroatoms. The van der Waals surface area contributed by atoms with Gasteiger partial charge in [0.2, 0.25) is 0 Å². The zero-order valence-electron chi connectivity index (χ0n) is 12.4. The number of phosphoric ester groups is 1. The van der Waals surface area contributed by atoms with Crippen LogP contribution in [0, 0.1) is 3.57 Å². The molecule has 5 atom stereocenters. The van der Waals surface area contributed by atoms with Crippen LogP contribution >= 0.6 is 38.2 Å². The predicted molar refractivity (Wildman–Crippen MR) is 88.9 cm³/mol. The number of nitrogens with one attached hydrogen (secondary N) is 1. The molecule has 26 heavy (non-hydrogen) atoms. The molecule has 1 aliphatic rings. The Hall–Kier alpha value is -0.450. The summed E-state index contributed by atoms with van der Waals surface area (Å²) in [4.78, 5) is 51.3. The molecule has 1 aromatic heterocycles. The fourth-order valence-electron chi connectivity index (χ4n) is 2.07. The minimum Gasteiger partial charge on any atom is -0.387 e. The lowest BCUT2D eigenvalue weighted by atomic mass is 10.1. The first-order valence-corrected chi connectivity index (χ1v) is 10.7. The van der Waals surface area contributed by atoms with Crippen molar-refractivity contribution < 1.29 is 47.6 Å². The molecule has 0 saturated carbocycles. The molecule has 0 amide bonds. The number of aliphatic hydroxyl groups excluding tert-OH is 2. The number of hydrogen-bond donors (Lipinski definition) is 6. The molecule has 0 aromatic carbocycles. The lowest BCUT2D eigenvalue weighted by Crippen LogP contribution is -2.38. The minimum absolute atomic E-state index is 0.0853. The molecule has 1 saturated heterocycles. The molecule has 1 fully saturated rings. The maximum atomic E-state index is 11.8. The molecular weight excluding hydrogens is 517 g/mol. The third kappa shape index (κ3) is 5.30. The molecule has 148 valence electrons. The second-order valence-corrected chi connectivity index (χ2v) is 9.02. The summed E-state index contributed by atoms with van der Waals surface area (Å²) in [5.74, 6) is 0. The van der Waals surface area contributed by atoms with E-state index in [9.17, 15) is 33.8 Å². The zero-order valence-corrected chi connectivity index (χ0v) is 16.4. The fourth-order valence-corrected chi connectivity index (χ4v) is 4.11. The van der Waals surface area contributed by atoms with E-state index < -0.39 is 58.0 Å². The van der Waals surface area contributed by atoms with Crippen LogP contribution in [0.25, 0.3) is 0 Å². The Labute approximate surface area is 157 Å². The lowest BCUT2D eigenvalue weighted by molar-refractivity contribution is -0.0543. The highest BCUT2D eigenvalue weighted by Crippen LogP contribution is 2.57. The van der Waals surface area contributed by atoms with E-state index in [1.165, 1.54) is 0 Å². The standard InChI is InChI=1S/C9H13IN2O12P2/c10-3-1-12(9(16)11-7(3)15)8-6(14)5(13)4(23-8)2-22-26(20,21)24-25(17,18)19/h1,4-6,8,13-14H,2H2,(H,20,21)(H,11,15,16)(H2,17,18,19)/t4-,5?,6+,8-/m1/s1. The molecule has 0 aliphatic carbocycles. The van der Waals surface area contributed by atoms with Crippen LogP contribution in [0.1, 0.15) is 6.23 Å². The monoisotopic (exact) mass is 530 g/mol. The van der Waals surface area contributed by atoms with E-state index >= 15 is 0 Å². The van der Waals surface area contributed by atoms with Gasteiger partial charge in [0.15, 0.2) is 6.23 Å². The van der Waals surface area contributed by atoms with Crippen LogP contribution < -0.4 is 11.2 Å². The van der Waals surface area contributed by atoms with E-state index in [0.717, 1.165) is 10.8 Å². The predicted octanol–water partition coefficient (Wildman–Crippen LogP) is -2.01. The van der Waals surface area contributed by atoms with Crippen molar-refractivity contribution in [3.63, 3.8) is 0 Å². The first-order chi connectivity index (χ1) is 11.8. The summed E-state index contributed by atoms with van der Waals surface area (Å²) < 4.78 is 35.9. The molecular formula is C9H13IN2O12P2. The van der Waals surface area contributed by atoms with Crippen molar-refractivity contribution >= 4 is 38.2 Å². The Morgan fingerprint density at radius 3 is 2.42 bits per heavy atom. The Kier molecular flexibility index (Phi) is 6.63. The average molecular weight is 530 g/mol. The van der Waals surface area contributed by atoms with Gasteiger partial charge < -0.3 is 29.6 Å². The normalized spacial score (nSPS) is 28.8. The number of H-pyrrole nitrogens is 1. The molecule has 0 bridgehead atoms. The molecule has 1 aliphatic heterocycles. The van der Waals surface area contributed by atoms with Gasteiger partial charge in [0, 0.05) is 6.20 Å². The summed E-state index contributed by atoms with van der Waals surface area (Å²) in [5, 5.41) is 19.9. The van der Waals surface area contributed by atoms with E-state index in [0.29, 0.717) is 0 Å². The van der Waals surface area contributed by atoms with Crippen LogP contribution in [0.4, 0.5) is 0 Å². The summed E-state index contributed by atoms with van der Waals surface area (Å²) in [6.07, 6.45) is -5.21. The fraction of sp³-hybridized carbons (Fsp3) is 0.556. The van der Waals surface area contributed by atoms with Gasteiger partial charge in [0.1, 0.15) is 18.3 Å². The number of phosphoric acid groups is 2. The smallest absolute Gasteiger partial charge is 0.387 e. The Morgan fingerprint density at radius 1 is 1.23 bits per heavy atom. The van der Waals surface area contributed by atoms with Crippen LogP contribution in [-0.2, 0) is 22.7 Å². The highest BCUT2D eigenvalue weighted by atomic mass is 127. The van der Waals surface area contributed by atoms with E-state index in [4.69, 9.17) is 14.5 Å². The number of ether oxygens (including phenoxy) is 1. The summed E-state index contributed by atoms with van der Waals surface area (Å²) in [7, 11) is -10.5. The van der Waals surface area contributed by atoms with Gasteiger partial charge in [0.25, 0.3) is 5.56 Å². The Morgan fingerprint density at radius 2 is 1.85 bits per heavy atom. The van der Waals surface area contributed by atoms with Gasteiger partial charge in [0.05, 0.1) is 10.2 Å². The number of rotatable bonds is 6. The topological polar surface area (TPSA) is 218 Å². The summed E-state index contributed by atoms with van der Waals surface area (Å²) in [6, 6.07) is 0. The van der Waals surface area contributed by atoms with Crippen molar-refractivity contribution in [1.82, 2.24) is 9.55 Å². The molecule has 14 nitrogen and oxygen atoms in total. The molecule has 0 radical (unpaired) electrons. The molecule has 6 N–H and O–H groups in total. The molecule has 1 aromatic rings. The largest absolute Gasteiger partial charge is 0.481 e. The second kappa shape index (κ2) is 7.89. The maximum Gasteiger partial charge on any atom is 0.481 e. The molecule has 2 heterocycles. The average Bonchev–Trinajstić information content (AvgIpc) is 2.75. The van der Waals surface area contributed by atoms with E-state index in [1.807, 2.05) is 4.98 Å². The second-order valence-electron chi connectivity index (χ2n) is 5.03. The number of aromatic amines is 1. The van der Waals surface area contributed by atoms with Crippen molar-refractivity contribution in [2.24, 2.45) is 0 Å². The summed E-state index contributed by atoms with van der Waals surface area (Å²) >= 11 is 1.62. The van der Waals surface area contributed by atoms with Gasteiger partial charge in [-0.1, -0.05) is 0 Å². The maximum absolute atomic E-state index is 11.8. The number of aliphatic hydroxyl groups is 2. The summed E-state index contributed by atoms with van der Waals surface area (Å²) in [6.45, 7) is -0.905. The van der Waals surface area contributed by atoms with Crippen LogP contribution in [0.15, 0.2) is 15.8 Å². The number of halogens is 1. The number of aromatic nitrogens is 2. The van der Waals surface area contributed by atoms with Crippen molar-refractivity contribution in [1.29, 1.82) is 0 Å². The van der Waals surface area contributed by atoms with E-state index in [-0.39, 0.29) is 3.57 Å². The third-order valence-corrected chi connectivity index (χ3v) is 6.07. The van der Waals surface area contributed by atoms with Gasteiger partial charge >= 0.3 is 21.3 Å². The summed E-state index contributed by atoms with van der Waals surface area (Å²) in [5.41, 5.74) is -1.61. The van der Waals surface area contributed by atoms with Crippen molar-refractivity contribution in [3.8, 4) is 0 Å². The molecule has 0 spiro atoms. The van der Waals surface area contributed by atoms with Crippen molar-refractivity contribution in [2.75, 3.05) is 6.61 Å². The van der Waals surface area contributed by atoms with Crippen molar-refractivity contribution in [2.45, 2.75) is 24.5 Å². The van der Waals surface area contributed by atoms with Gasteiger partial charge in [-0.3, -0.25) is 18.9 Å². The SMILES string of the molecule is O=c1[nH]c(=O)n([C@@H]2O[C@H](COP(=O)(O)OP(=O)(O)O)C(O)[C@@H]2O)cc1I. The van der Waals surface area contributed by atoms with Gasteiger partial charge in [-0.15, -0.1) is 0 Å². The minimum atomic E-state index is -5.32. The van der Waals surface area contributed by atoms with Crippen LogP contribution in [0.2, 0.25) is 0 Å². The quantitative estimate of drug-likeness (QED) is 0.174. The van der Waals surface area contributed by atoms with E-state index in [1.54, 1.807) is 22.6 Å². The molecule has 2 unspecified atom stereocenters. The van der Waals surface area contributed by atoms with Crippen LogP contribution in [0.5, 0.6) is 0 Å². The van der Waals surface area contributed by atoms with Crippen LogP contribution in [-0.4, -0.2) is 59.4 Å². The van der Waals surface area contributed by atoms with Gasteiger partial charge in [-0.05, 0) is 22.6 Å². The Bertz CT molecular complexity index is 878. The van der Waals surface area contributed by atoms with Crippen molar-refractivity contribution in [3.05, 3.63) is 30.6 Å². The number of hydrogen-bond acceptors (Lipinski definition) is 9. The highest BCUT2D eigenvalue weighted by molar-refractivity contribution is 14.1. The third-order valence-electron chi connectivity index (χ3n) is 3.15. The van der Waals surface area contributed by atoms with E-state index in [2.05, 4.69) is 8.83 Å². The Balaban J connectivity index is 2.14. The first-order valence-electron chi connectivity index (χ1n) is 6.57. The van der Waals surface area contributed by atoms with Crippen LogP contribution in [0.3, 0.4) is 0 Å². The number of nitrogens with zero attached hydrogens (tertiary/aromatic N) is 1. The zero-order chi connectivity index (χ0) is 19.9. The van der Waals surface area contributed by atoms with Gasteiger partial charge in [-0.2, -0.15) is 4.31 Å². The first kappa shape index (κ1) is 21.8. The van der Waals surface area contributed by atoms with Gasteiger partial charge in [-0.25, -0.2) is 13.9 Å². The highest BCUT2D eigenvalue weighted by Gasteiger charge is 2.45. The molecule has 2 rings (SSSR count).